The van der Waals surface area contributed by atoms with Crippen LogP contribution in [0.25, 0.3) is 0 Å². The van der Waals surface area contributed by atoms with Gasteiger partial charge in [0.15, 0.2) is 0 Å². The van der Waals surface area contributed by atoms with E-state index in [1.54, 1.807) is 0 Å². The van der Waals surface area contributed by atoms with Crippen molar-refractivity contribution < 1.29 is 8.42 Å². The molecule has 4 heteroatoms. The normalized spacial score (nSPS) is 13.8. The van der Waals surface area contributed by atoms with E-state index >= 15 is 0 Å². The van der Waals surface area contributed by atoms with Crippen LogP contribution in [0.1, 0.15) is 23.6 Å². The van der Waals surface area contributed by atoms with Gasteiger partial charge in [-0.05, 0) is 24.5 Å². The molecule has 1 rings (SSSR count). The number of nitrogens with two attached hydrogens (primary N) is 1. The lowest BCUT2D eigenvalue weighted by atomic mass is 10.0. The number of benzene rings is 1. The lowest BCUT2D eigenvalue weighted by Gasteiger charge is -2.13. The maximum atomic E-state index is 11.0. The minimum absolute atomic E-state index is 0.141. The SMILES string of the molecule is Cc1ccccc1C(N)CCS(C)(=O)=O. The third kappa shape index (κ3) is 4.01. The van der Waals surface area contributed by atoms with E-state index in [9.17, 15) is 8.42 Å². The average molecular weight is 227 g/mol. The molecule has 0 fully saturated rings. The van der Waals surface area contributed by atoms with Crippen LogP contribution in [0.2, 0.25) is 0 Å². The van der Waals surface area contributed by atoms with Crippen molar-refractivity contribution in [2.75, 3.05) is 12.0 Å². The summed E-state index contributed by atoms with van der Waals surface area (Å²) < 4.78 is 22.0. The van der Waals surface area contributed by atoms with Crippen molar-refractivity contribution in [3.8, 4) is 0 Å². The Hall–Kier alpha value is -0.870. The molecule has 0 bridgehead atoms. The molecule has 0 aliphatic heterocycles. The molecule has 1 atom stereocenters. The van der Waals surface area contributed by atoms with Crippen molar-refractivity contribution in [2.24, 2.45) is 5.73 Å². The standard InChI is InChI=1S/C11H17NO2S/c1-9-5-3-4-6-10(9)11(12)7-8-15(2,13)14/h3-6,11H,7-8,12H2,1-2H3. The second-order valence-corrected chi connectivity index (χ2v) is 6.14. The highest BCUT2D eigenvalue weighted by Gasteiger charge is 2.11. The van der Waals surface area contributed by atoms with Gasteiger partial charge in [-0.2, -0.15) is 0 Å². The molecule has 0 aliphatic carbocycles. The van der Waals surface area contributed by atoms with E-state index < -0.39 is 9.84 Å². The van der Waals surface area contributed by atoms with Gasteiger partial charge in [0.2, 0.25) is 0 Å². The summed E-state index contributed by atoms with van der Waals surface area (Å²) in [5.41, 5.74) is 8.08. The van der Waals surface area contributed by atoms with Gasteiger partial charge in [0, 0.05) is 12.3 Å². The highest BCUT2D eigenvalue weighted by atomic mass is 32.2. The number of sulfone groups is 1. The van der Waals surface area contributed by atoms with E-state index in [0.717, 1.165) is 11.1 Å². The van der Waals surface area contributed by atoms with Crippen LogP contribution in [-0.4, -0.2) is 20.4 Å². The Labute approximate surface area is 91.2 Å². The Kier molecular flexibility index (Phi) is 3.88. The zero-order chi connectivity index (χ0) is 11.5. The molecule has 15 heavy (non-hydrogen) atoms. The zero-order valence-corrected chi connectivity index (χ0v) is 9.92. The maximum absolute atomic E-state index is 11.0. The quantitative estimate of drug-likeness (QED) is 0.846. The van der Waals surface area contributed by atoms with Crippen molar-refractivity contribution in [3.63, 3.8) is 0 Å². The molecule has 2 N–H and O–H groups in total. The first-order valence-electron chi connectivity index (χ1n) is 4.89. The van der Waals surface area contributed by atoms with Gasteiger partial charge < -0.3 is 5.73 Å². The van der Waals surface area contributed by atoms with Crippen molar-refractivity contribution in [1.29, 1.82) is 0 Å². The van der Waals surface area contributed by atoms with Gasteiger partial charge in [-0.1, -0.05) is 24.3 Å². The van der Waals surface area contributed by atoms with Gasteiger partial charge in [0.25, 0.3) is 0 Å². The van der Waals surface area contributed by atoms with Crippen LogP contribution in [0, 0.1) is 6.92 Å². The summed E-state index contributed by atoms with van der Waals surface area (Å²) in [6.45, 7) is 1.98. The highest BCUT2D eigenvalue weighted by Crippen LogP contribution is 2.18. The summed E-state index contributed by atoms with van der Waals surface area (Å²) in [6.07, 6.45) is 1.71. The minimum Gasteiger partial charge on any atom is -0.324 e. The number of hydrogen-bond acceptors (Lipinski definition) is 3. The van der Waals surface area contributed by atoms with Crippen molar-refractivity contribution >= 4 is 9.84 Å². The molecule has 1 unspecified atom stereocenters. The largest absolute Gasteiger partial charge is 0.324 e. The lowest BCUT2D eigenvalue weighted by Crippen LogP contribution is -2.16. The summed E-state index contributed by atoms with van der Waals surface area (Å²) >= 11 is 0. The third-order valence-electron chi connectivity index (χ3n) is 2.39. The summed E-state index contributed by atoms with van der Waals surface area (Å²) in [5.74, 6) is 0.141. The minimum atomic E-state index is -2.92. The van der Waals surface area contributed by atoms with Gasteiger partial charge >= 0.3 is 0 Å². The molecule has 0 radical (unpaired) electrons. The average Bonchev–Trinajstić information content (AvgIpc) is 2.14. The molecule has 3 nitrogen and oxygen atoms in total. The molecule has 0 aromatic heterocycles. The molecule has 0 heterocycles. The molecule has 0 saturated heterocycles. The Bertz CT molecular complexity index is 426. The van der Waals surface area contributed by atoms with E-state index in [-0.39, 0.29) is 11.8 Å². The van der Waals surface area contributed by atoms with Gasteiger partial charge in [0.1, 0.15) is 9.84 Å². The first-order valence-corrected chi connectivity index (χ1v) is 6.95. The predicted molar refractivity (Wildman–Crippen MR) is 62.4 cm³/mol. The molecular formula is C11H17NO2S. The molecule has 0 aliphatic rings. The topological polar surface area (TPSA) is 60.2 Å². The van der Waals surface area contributed by atoms with Crippen LogP contribution in [0.15, 0.2) is 24.3 Å². The molecular weight excluding hydrogens is 210 g/mol. The van der Waals surface area contributed by atoms with Gasteiger partial charge in [0.05, 0.1) is 5.75 Å². The molecule has 1 aromatic carbocycles. The molecule has 0 spiro atoms. The van der Waals surface area contributed by atoms with E-state index in [0.29, 0.717) is 6.42 Å². The van der Waals surface area contributed by atoms with Gasteiger partial charge in [-0.3, -0.25) is 0 Å². The van der Waals surface area contributed by atoms with E-state index in [2.05, 4.69) is 0 Å². The van der Waals surface area contributed by atoms with Crippen LogP contribution in [0.4, 0.5) is 0 Å². The van der Waals surface area contributed by atoms with Crippen LogP contribution in [0.3, 0.4) is 0 Å². The Balaban J connectivity index is 2.70. The Morgan fingerprint density at radius 3 is 2.47 bits per heavy atom. The van der Waals surface area contributed by atoms with E-state index in [4.69, 9.17) is 5.73 Å². The van der Waals surface area contributed by atoms with Crippen LogP contribution in [0.5, 0.6) is 0 Å². The summed E-state index contributed by atoms with van der Waals surface area (Å²) in [4.78, 5) is 0. The number of rotatable bonds is 4. The molecule has 0 saturated carbocycles. The second-order valence-electron chi connectivity index (χ2n) is 3.88. The molecule has 0 amide bonds. The fourth-order valence-electron chi connectivity index (χ4n) is 1.50. The predicted octanol–water partition coefficient (Wildman–Crippen LogP) is 1.43. The number of hydrogen-bond donors (Lipinski definition) is 1. The zero-order valence-electron chi connectivity index (χ0n) is 9.10. The van der Waals surface area contributed by atoms with Crippen molar-refractivity contribution in [2.45, 2.75) is 19.4 Å². The fraction of sp³-hybridized carbons (Fsp3) is 0.455. The summed E-state index contributed by atoms with van der Waals surface area (Å²) in [7, 11) is -2.92. The van der Waals surface area contributed by atoms with E-state index in [1.165, 1.54) is 6.26 Å². The monoisotopic (exact) mass is 227 g/mol. The molecule has 84 valence electrons. The maximum Gasteiger partial charge on any atom is 0.147 e. The van der Waals surface area contributed by atoms with Gasteiger partial charge in [-0.25, -0.2) is 8.42 Å². The van der Waals surface area contributed by atoms with Gasteiger partial charge in [-0.15, -0.1) is 0 Å². The smallest absolute Gasteiger partial charge is 0.147 e. The fourth-order valence-corrected chi connectivity index (χ4v) is 2.18. The van der Waals surface area contributed by atoms with Crippen LogP contribution in [-0.2, 0) is 9.84 Å². The Morgan fingerprint density at radius 2 is 1.93 bits per heavy atom. The summed E-state index contributed by atoms with van der Waals surface area (Å²) in [5, 5.41) is 0. The first-order chi connectivity index (χ1) is 6.90. The second kappa shape index (κ2) is 4.77. The highest BCUT2D eigenvalue weighted by molar-refractivity contribution is 7.90. The summed E-state index contributed by atoms with van der Waals surface area (Å²) in [6, 6.07) is 7.60. The van der Waals surface area contributed by atoms with E-state index in [1.807, 2.05) is 31.2 Å². The van der Waals surface area contributed by atoms with Crippen LogP contribution >= 0.6 is 0 Å². The number of aryl methyl sites for hydroxylation is 1. The third-order valence-corrected chi connectivity index (χ3v) is 3.36. The van der Waals surface area contributed by atoms with Crippen molar-refractivity contribution in [1.82, 2.24) is 0 Å². The molecule has 1 aromatic rings. The first kappa shape index (κ1) is 12.2. The Morgan fingerprint density at radius 1 is 1.33 bits per heavy atom. The lowest BCUT2D eigenvalue weighted by molar-refractivity contribution is 0.591. The van der Waals surface area contributed by atoms with Crippen molar-refractivity contribution in [3.05, 3.63) is 35.4 Å². The van der Waals surface area contributed by atoms with Crippen LogP contribution < -0.4 is 5.73 Å².